The molecule has 0 aliphatic rings. The number of methoxy groups -OCH3 is 1. The van der Waals surface area contributed by atoms with E-state index in [1.54, 1.807) is 18.2 Å². The van der Waals surface area contributed by atoms with E-state index in [9.17, 15) is 4.79 Å². The van der Waals surface area contributed by atoms with Crippen LogP contribution < -0.4 is 5.46 Å². The zero-order valence-electron chi connectivity index (χ0n) is 7.93. The van der Waals surface area contributed by atoms with Crippen molar-refractivity contribution >= 4 is 30.9 Å². The highest BCUT2D eigenvalue weighted by Gasteiger charge is 2.05. The topological polar surface area (TPSA) is 89.3 Å². The van der Waals surface area contributed by atoms with Gasteiger partial charge in [-0.2, -0.15) is 0 Å². The smallest absolute Gasteiger partial charge is 0.337 e. The van der Waals surface area contributed by atoms with Crippen LogP contribution in [0.15, 0.2) is 18.2 Å². The third kappa shape index (κ3) is 3.37. The molecule has 0 spiro atoms. The number of halogens is 1. The van der Waals surface area contributed by atoms with Gasteiger partial charge in [0.15, 0.2) is 0 Å². The molecule has 0 radical (unpaired) electrons. The Kier molecular flexibility index (Phi) is 7.08. The second-order valence-corrected chi connectivity index (χ2v) is 2.86. The highest BCUT2D eigenvalue weighted by molar-refractivity contribution is 6.45. The molecule has 4 N–H and O–H groups in total. The van der Waals surface area contributed by atoms with Crippen LogP contribution in [-0.2, 0) is 4.74 Å². The van der Waals surface area contributed by atoms with E-state index in [-0.39, 0.29) is 16.9 Å². The van der Waals surface area contributed by atoms with Crippen molar-refractivity contribution in [3.05, 3.63) is 28.8 Å². The first-order valence-corrected chi connectivity index (χ1v) is 3.87. The maximum absolute atomic E-state index is 11.0. The van der Waals surface area contributed by atoms with Gasteiger partial charge in [-0.1, -0.05) is 23.1 Å². The van der Waals surface area contributed by atoms with Gasteiger partial charge in [-0.25, -0.2) is 4.79 Å². The van der Waals surface area contributed by atoms with Crippen molar-refractivity contribution in [3.63, 3.8) is 0 Å². The molecule has 0 fully saturated rings. The first kappa shape index (κ1) is 15.4. The van der Waals surface area contributed by atoms with Crippen LogP contribution in [-0.4, -0.2) is 31.9 Å². The quantitative estimate of drug-likeness (QED) is 0.435. The molecule has 1 aromatic carbocycles. The highest BCUT2D eigenvalue weighted by atomic mass is 35.5. The lowest BCUT2D eigenvalue weighted by Crippen LogP contribution is -2.07. The lowest BCUT2D eigenvalue weighted by atomic mass is 9.95. The number of benzene rings is 1. The third-order valence-corrected chi connectivity index (χ3v) is 2.00. The minimum Gasteiger partial charge on any atom is -0.465 e. The second-order valence-electron chi connectivity index (χ2n) is 2.46. The molecular weight excluding hydrogens is 206 g/mol. The molecule has 0 aromatic heterocycles. The number of carbonyl (C=O) groups excluding carboxylic acids is 1. The van der Waals surface area contributed by atoms with Crippen molar-refractivity contribution < 1.29 is 20.5 Å². The summed E-state index contributed by atoms with van der Waals surface area (Å²) in [7, 11) is 3.22. The van der Waals surface area contributed by atoms with E-state index in [0.29, 0.717) is 10.6 Å². The molecule has 6 heteroatoms. The number of hydrogen-bond acceptors (Lipinski definition) is 2. The van der Waals surface area contributed by atoms with E-state index >= 15 is 0 Å². The highest BCUT2D eigenvalue weighted by Crippen LogP contribution is 2.08. The van der Waals surface area contributed by atoms with Crippen molar-refractivity contribution in [3.8, 4) is 0 Å². The van der Waals surface area contributed by atoms with Crippen LogP contribution in [0.4, 0.5) is 0 Å². The molecule has 0 saturated heterocycles. The first-order chi connectivity index (χ1) is 5.65. The van der Waals surface area contributed by atoms with Crippen molar-refractivity contribution in [2.45, 2.75) is 0 Å². The second kappa shape index (κ2) is 6.42. The molecule has 0 saturated carbocycles. The van der Waals surface area contributed by atoms with Crippen molar-refractivity contribution in [2.24, 2.45) is 0 Å². The molecule has 4 nitrogen and oxygen atoms in total. The van der Waals surface area contributed by atoms with E-state index in [1.807, 2.05) is 7.85 Å². The lowest BCUT2D eigenvalue weighted by molar-refractivity contribution is 0.0601. The summed E-state index contributed by atoms with van der Waals surface area (Å²) >= 11 is 5.81. The van der Waals surface area contributed by atoms with Gasteiger partial charge in [0.25, 0.3) is 0 Å². The summed E-state index contributed by atoms with van der Waals surface area (Å²) in [4.78, 5) is 11.0. The van der Waals surface area contributed by atoms with Crippen LogP contribution in [0.25, 0.3) is 0 Å². The summed E-state index contributed by atoms with van der Waals surface area (Å²) in [5.74, 6) is -0.364. The van der Waals surface area contributed by atoms with Gasteiger partial charge in [-0.15, -0.1) is 0 Å². The standard InChI is InChI=1S/C8H8BClO2.2H2O/c1-12-8(11)5-2-3-6(9)7(10)4-5;;/h2-4H,9H2,1H3;2*1H2. The Balaban J connectivity index is 0. The maximum atomic E-state index is 11.0. The summed E-state index contributed by atoms with van der Waals surface area (Å²) in [6, 6.07) is 5.07. The molecule has 0 unspecified atom stereocenters. The summed E-state index contributed by atoms with van der Waals surface area (Å²) in [5.41, 5.74) is 1.43. The Bertz CT molecular complexity index is 316. The fourth-order valence-electron chi connectivity index (χ4n) is 0.838. The molecule has 0 bridgehead atoms. The number of carbonyl (C=O) groups is 1. The number of rotatable bonds is 1. The molecule has 0 aliphatic heterocycles. The molecule has 78 valence electrons. The van der Waals surface area contributed by atoms with Gasteiger partial charge in [-0.05, 0) is 12.1 Å². The van der Waals surface area contributed by atoms with Crippen molar-refractivity contribution in [2.75, 3.05) is 7.11 Å². The zero-order valence-corrected chi connectivity index (χ0v) is 8.68. The summed E-state index contributed by atoms with van der Waals surface area (Å²) in [5, 5.41) is 0.581. The van der Waals surface area contributed by atoms with E-state index in [2.05, 4.69) is 4.74 Å². The van der Waals surface area contributed by atoms with Gasteiger partial charge >= 0.3 is 5.97 Å². The number of hydrogen-bond donors (Lipinski definition) is 0. The fourth-order valence-corrected chi connectivity index (χ4v) is 1.02. The van der Waals surface area contributed by atoms with E-state index < -0.39 is 0 Å². The van der Waals surface area contributed by atoms with Gasteiger partial charge in [0, 0.05) is 5.02 Å². The van der Waals surface area contributed by atoms with Crippen LogP contribution in [0, 0.1) is 0 Å². The largest absolute Gasteiger partial charge is 0.465 e. The predicted molar refractivity (Wildman–Crippen MR) is 58.2 cm³/mol. The summed E-state index contributed by atoms with van der Waals surface area (Å²) in [6.07, 6.45) is 0. The SMILES string of the molecule is Bc1ccc(C(=O)OC)cc1Cl.O.O. The van der Waals surface area contributed by atoms with Gasteiger partial charge < -0.3 is 15.7 Å². The minimum atomic E-state index is -0.364. The van der Waals surface area contributed by atoms with E-state index in [1.165, 1.54) is 7.11 Å². The Hall–Kier alpha value is -1.04. The molecule has 0 amide bonds. The van der Waals surface area contributed by atoms with E-state index in [0.717, 1.165) is 5.46 Å². The number of ether oxygens (including phenoxy) is 1. The van der Waals surface area contributed by atoms with Gasteiger partial charge in [0.2, 0.25) is 0 Å². The van der Waals surface area contributed by atoms with Gasteiger partial charge in [0.1, 0.15) is 7.85 Å². The van der Waals surface area contributed by atoms with E-state index in [4.69, 9.17) is 11.6 Å². The molecule has 1 aromatic rings. The van der Waals surface area contributed by atoms with Crippen LogP contribution in [0.2, 0.25) is 5.02 Å². The molecule has 1 rings (SSSR count). The Labute approximate surface area is 87.9 Å². The molecule has 0 atom stereocenters. The van der Waals surface area contributed by atoms with Crippen molar-refractivity contribution in [1.82, 2.24) is 0 Å². The monoisotopic (exact) mass is 218 g/mol. The predicted octanol–water partition coefficient (Wildman–Crippen LogP) is -1.26. The van der Waals surface area contributed by atoms with Crippen LogP contribution in [0.3, 0.4) is 0 Å². The van der Waals surface area contributed by atoms with Crippen LogP contribution >= 0.6 is 11.6 Å². The van der Waals surface area contributed by atoms with Crippen LogP contribution in [0.1, 0.15) is 10.4 Å². The van der Waals surface area contributed by atoms with Gasteiger partial charge in [0.05, 0.1) is 12.7 Å². The maximum Gasteiger partial charge on any atom is 0.337 e. The third-order valence-electron chi connectivity index (χ3n) is 1.59. The average molecular weight is 218 g/mol. The Morgan fingerprint density at radius 1 is 1.43 bits per heavy atom. The molecular formula is C8H12BClO4. The first-order valence-electron chi connectivity index (χ1n) is 3.49. The summed E-state index contributed by atoms with van der Waals surface area (Å²) < 4.78 is 4.53. The normalized spacial score (nSPS) is 8.14. The van der Waals surface area contributed by atoms with Gasteiger partial charge in [-0.3, -0.25) is 0 Å². The minimum absolute atomic E-state index is 0. The Morgan fingerprint density at radius 3 is 2.43 bits per heavy atom. The van der Waals surface area contributed by atoms with Crippen molar-refractivity contribution in [1.29, 1.82) is 0 Å². The molecule has 0 heterocycles. The number of esters is 1. The molecule has 0 aliphatic carbocycles. The average Bonchev–Trinajstić information content (AvgIpc) is 2.08. The zero-order chi connectivity index (χ0) is 9.14. The fraction of sp³-hybridized carbons (Fsp3) is 0.125. The van der Waals surface area contributed by atoms with Crippen LogP contribution in [0.5, 0.6) is 0 Å². The lowest BCUT2D eigenvalue weighted by Gasteiger charge is -2.01. The Morgan fingerprint density at radius 2 is 2.00 bits per heavy atom. The molecule has 14 heavy (non-hydrogen) atoms. The summed E-state index contributed by atoms with van der Waals surface area (Å²) in [6.45, 7) is 0.